The van der Waals surface area contributed by atoms with Crippen molar-refractivity contribution in [2.75, 3.05) is 29.9 Å². The van der Waals surface area contributed by atoms with E-state index < -0.39 is 15.8 Å². The van der Waals surface area contributed by atoms with Crippen molar-refractivity contribution < 1.29 is 31.8 Å². The van der Waals surface area contributed by atoms with Crippen LogP contribution in [0.1, 0.15) is 50.3 Å². The SMILES string of the molecule is CC(C)(C)c1ccc(NC(=O)N2Cc3ccc(S(=O)(=O)Nc4ccc(OCCC5OCCCO5)cc4F)cc3C2)cc1. The molecule has 2 N–H and O–H groups in total. The van der Waals surface area contributed by atoms with Gasteiger partial charge in [-0.1, -0.05) is 39.0 Å². The van der Waals surface area contributed by atoms with Crippen LogP contribution in [-0.2, 0) is 38.0 Å². The topological polar surface area (TPSA) is 106 Å². The number of carbonyl (C=O) groups excluding carboxylic acids is 1. The summed E-state index contributed by atoms with van der Waals surface area (Å²) < 4.78 is 59.8. The first-order valence-electron chi connectivity index (χ1n) is 13.9. The molecule has 0 spiro atoms. The highest BCUT2D eigenvalue weighted by Crippen LogP contribution is 2.29. The number of sulfonamides is 1. The van der Waals surface area contributed by atoms with E-state index in [1.165, 1.54) is 24.3 Å². The smallest absolute Gasteiger partial charge is 0.322 e. The zero-order chi connectivity index (χ0) is 29.9. The van der Waals surface area contributed by atoms with Crippen LogP contribution in [-0.4, -0.2) is 45.5 Å². The van der Waals surface area contributed by atoms with Crippen LogP contribution in [0.25, 0.3) is 0 Å². The molecule has 2 heterocycles. The molecule has 0 aromatic heterocycles. The van der Waals surface area contributed by atoms with E-state index in [-0.39, 0.29) is 47.2 Å². The second-order valence-electron chi connectivity index (χ2n) is 11.5. The minimum Gasteiger partial charge on any atom is -0.493 e. The number of benzene rings is 3. The third-order valence-electron chi connectivity index (χ3n) is 7.20. The molecule has 3 aromatic carbocycles. The summed E-state index contributed by atoms with van der Waals surface area (Å²) in [5.41, 5.74) is 3.23. The van der Waals surface area contributed by atoms with Crippen LogP contribution in [0.3, 0.4) is 0 Å². The lowest BCUT2D eigenvalue weighted by Crippen LogP contribution is -2.30. The third-order valence-corrected chi connectivity index (χ3v) is 8.57. The van der Waals surface area contributed by atoms with E-state index in [4.69, 9.17) is 14.2 Å². The highest BCUT2D eigenvalue weighted by atomic mass is 32.2. The van der Waals surface area contributed by atoms with Gasteiger partial charge in [0.2, 0.25) is 0 Å². The Hall–Kier alpha value is -3.67. The van der Waals surface area contributed by atoms with Gasteiger partial charge in [-0.25, -0.2) is 17.6 Å². The fourth-order valence-electron chi connectivity index (χ4n) is 4.79. The molecular formula is C31H36FN3O6S. The molecule has 224 valence electrons. The molecule has 1 fully saturated rings. The van der Waals surface area contributed by atoms with E-state index in [0.29, 0.717) is 37.4 Å². The maximum Gasteiger partial charge on any atom is 0.322 e. The van der Waals surface area contributed by atoms with Gasteiger partial charge < -0.3 is 24.4 Å². The maximum atomic E-state index is 14.8. The molecule has 0 saturated carbocycles. The van der Waals surface area contributed by atoms with Gasteiger partial charge in [-0.05, 0) is 64.9 Å². The van der Waals surface area contributed by atoms with Crippen molar-refractivity contribution in [2.24, 2.45) is 0 Å². The van der Waals surface area contributed by atoms with Gasteiger partial charge in [-0.2, -0.15) is 0 Å². The Morgan fingerprint density at radius 2 is 1.71 bits per heavy atom. The predicted molar refractivity (Wildman–Crippen MR) is 157 cm³/mol. The molecule has 2 aliphatic heterocycles. The number of nitrogens with one attached hydrogen (secondary N) is 2. The average molecular weight is 598 g/mol. The second kappa shape index (κ2) is 12.3. The van der Waals surface area contributed by atoms with Gasteiger partial charge in [0.25, 0.3) is 10.0 Å². The van der Waals surface area contributed by atoms with E-state index in [2.05, 4.69) is 30.8 Å². The molecule has 2 amide bonds. The number of urea groups is 1. The lowest BCUT2D eigenvalue weighted by molar-refractivity contribution is -0.183. The van der Waals surface area contributed by atoms with Crippen LogP contribution >= 0.6 is 0 Å². The predicted octanol–water partition coefficient (Wildman–Crippen LogP) is 6.00. The van der Waals surface area contributed by atoms with E-state index in [9.17, 15) is 17.6 Å². The Morgan fingerprint density at radius 1 is 1.00 bits per heavy atom. The van der Waals surface area contributed by atoms with Gasteiger partial charge in [0.05, 0.1) is 30.4 Å². The largest absolute Gasteiger partial charge is 0.493 e. The number of carbonyl (C=O) groups is 1. The van der Waals surface area contributed by atoms with Gasteiger partial charge in [0, 0.05) is 31.3 Å². The van der Waals surface area contributed by atoms with Crippen LogP contribution < -0.4 is 14.8 Å². The first kappa shape index (κ1) is 29.8. The summed E-state index contributed by atoms with van der Waals surface area (Å²) in [6.07, 6.45) is 1.01. The van der Waals surface area contributed by atoms with Crippen molar-refractivity contribution in [3.05, 3.63) is 83.2 Å². The molecule has 0 atom stereocenters. The lowest BCUT2D eigenvalue weighted by atomic mass is 9.87. The molecule has 1 saturated heterocycles. The minimum atomic E-state index is -4.09. The van der Waals surface area contributed by atoms with Gasteiger partial charge in [0.15, 0.2) is 12.1 Å². The Labute approximate surface area is 246 Å². The monoisotopic (exact) mass is 597 g/mol. The molecule has 11 heteroatoms. The summed E-state index contributed by atoms with van der Waals surface area (Å²) >= 11 is 0. The number of nitrogens with zero attached hydrogens (tertiary/aromatic N) is 1. The lowest BCUT2D eigenvalue weighted by Gasteiger charge is -2.23. The summed E-state index contributed by atoms with van der Waals surface area (Å²) in [6.45, 7) is 8.52. The van der Waals surface area contributed by atoms with Crippen LogP contribution in [0.5, 0.6) is 5.75 Å². The molecule has 0 unspecified atom stereocenters. The van der Waals surface area contributed by atoms with Crippen molar-refractivity contribution in [3.63, 3.8) is 0 Å². The molecule has 42 heavy (non-hydrogen) atoms. The van der Waals surface area contributed by atoms with Crippen LogP contribution in [0.2, 0.25) is 0 Å². The Morgan fingerprint density at radius 3 is 2.40 bits per heavy atom. The molecule has 0 radical (unpaired) electrons. The molecule has 9 nitrogen and oxygen atoms in total. The number of ether oxygens (including phenoxy) is 3. The standard InChI is InChI=1S/C31H36FN3O6S/c1-31(2,3)23-6-8-24(9-7-23)33-30(36)35-19-21-5-11-26(17-22(21)20-35)42(37,38)34-28-12-10-25(18-27(28)32)39-16-13-29-40-14-4-15-41-29/h5-12,17-18,29,34H,4,13-16,19-20H2,1-3H3,(H,33,36). The summed E-state index contributed by atoms with van der Waals surface area (Å²) in [7, 11) is -4.09. The third kappa shape index (κ3) is 7.21. The van der Waals surface area contributed by atoms with E-state index in [1.807, 2.05) is 24.3 Å². The van der Waals surface area contributed by atoms with Crippen LogP contribution in [0.15, 0.2) is 65.6 Å². The Balaban J connectivity index is 1.18. The molecule has 5 rings (SSSR count). The van der Waals surface area contributed by atoms with Crippen molar-refractivity contribution in [1.29, 1.82) is 0 Å². The molecule has 2 aliphatic rings. The summed E-state index contributed by atoms with van der Waals surface area (Å²) in [5, 5.41) is 2.91. The van der Waals surface area contributed by atoms with Gasteiger partial charge in [-0.15, -0.1) is 0 Å². The number of amides is 2. The van der Waals surface area contributed by atoms with Crippen molar-refractivity contribution in [2.45, 2.75) is 63.3 Å². The number of hydrogen-bond acceptors (Lipinski definition) is 6. The van der Waals surface area contributed by atoms with Gasteiger partial charge in [-0.3, -0.25) is 4.72 Å². The van der Waals surface area contributed by atoms with Crippen molar-refractivity contribution in [1.82, 2.24) is 4.90 Å². The summed E-state index contributed by atoms with van der Waals surface area (Å²) in [4.78, 5) is 14.5. The minimum absolute atomic E-state index is 0.00977. The fourth-order valence-corrected chi connectivity index (χ4v) is 5.90. The number of anilines is 2. The average Bonchev–Trinajstić information content (AvgIpc) is 3.39. The summed E-state index contributed by atoms with van der Waals surface area (Å²) in [5.74, 6) is -0.493. The first-order chi connectivity index (χ1) is 20.0. The molecule has 0 aliphatic carbocycles. The number of rotatable bonds is 8. The highest BCUT2D eigenvalue weighted by Gasteiger charge is 2.26. The van der Waals surface area contributed by atoms with E-state index >= 15 is 0 Å². The van der Waals surface area contributed by atoms with Crippen LogP contribution in [0, 0.1) is 5.82 Å². The van der Waals surface area contributed by atoms with Crippen LogP contribution in [0.4, 0.5) is 20.6 Å². The highest BCUT2D eigenvalue weighted by molar-refractivity contribution is 7.92. The van der Waals surface area contributed by atoms with Crippen molar-refractivity contribution in [3.8, 4) is 5.75 Å². The normalized spacial score (nSPS) is 15.8. The Kier molecular flexibility index (Phi) is 8.72. The zero-order valence-electron chi connectivity index (χ0n) is 24.0. The number of fused-ring (bicyclic) bond motifs is 1. The van der Waals surface area contributed by atoms with Gasteiger partial charge >= 0.3 is 6.03 Å². The van der Waals surface area contributed by atoms with E-state index in [1.54, 1.807) is 11.0 Å². The number of hydrogen-bond donors (Lipinski definition) is 2. The Bertz CT molecular complexity index is 1530. The fraction of sp³-hybridized carbons (Fsp3) is 0.387. The molecule has 3 aromatic rings. The quantitative estimate of drug-likeness (QED) is 0.330. The zero-order valence-corrected chi connectivity index (χ0v) is 24.8. The maximum absolute atomic E-state index is 14.8. The first-order valence-corrected chi connectivity index (χ1v) is 15.4. The van der Waals surface area contributed by atoms with Gasteiger partial charge in [0.1, 0.15) is 5.75 Å². The summed E-state index contributed by atoms with van der Waals surface area (Å²) in [6, 6.07) is 16.1. The molecule has 0 bridgehead atoms. The number of halogens is 1. The second-order valence-corrected chi connectivity index (χ2v) is 13.1. The molecular weight excluding hydrogens is 561 g/mol. The van der Waals surface area contributed by atoms with E-state index in [0.717, 1.165) is 23.6 Å². The van der Waals surface area contributed by atoms with Crippen molar-refractivity contribution >= 4 is 27.4 Å².